The zero-order valence-electron chi connectivity index (χ0n) is 16.2. The molecule has 4 rings (SSSR count). The summed E-state index contributed by atoms with van der Waals surface area (Å²) in [5.74, 6) is 0.130. The third kappa shape index (κ3) is 4.37. The van der Waals surface area contributed by atoms with Gasteiger partial charge in [0.2, 0.25) is 0 Å². The monoisotopic (exact) mass is 572 g/mol. The first-order valence-corrected chi connectivity index (χ1v) is 10.6. The predicted molar refractivity (Wildman–Crippen MR) is 115 cm³/mol. The first-order chi connectivity index (χ1) is 15.2. The van der Waals surface area contributed by atoms with Crippen molar-refractivity contribution in [3.05, 3.63) is 68.6 Å². The van der Waals surface area contributed by atoms with E-state index in [0.717, 1.165) is 11.6 Å². The molecule has 0 saturated heterocycles. The second-order valence-corrected chi connectivity index (χ2v) is 8.13. The van der Waals surface area contributed by atoms with Gasteiger partial charge in [-0.15, -0.1) is 0 Å². The molecule has 0 atom stereocenters. The topological polar surface area (TPSA) is 81.7 Å². The fourth-order valence-electron chi connectivity index (χ4n) is 2.93. The van der Waals surface area contributed by atoms with E-state index in [1.54, 1.807) is 24.3 Å². The van der Waals surface area contributed by atoms with Crippen LogP contribution in [-0.4, -0.2) is 27.6 Å². The molecule has 0 saturated carbocycles. The maximum Gasteiger partial charge on any atom is 0.433 e. The summed E-state index contributed by atoms with van der Waals surface area (Å²) in [5, 5.41) is 6.52. The van der Waals surface area contributed by atoms with Gasteiger partial charge in [-0.05, 0) is 67.8 Å². The normalized spacial score (nSPS) is 11.7. The zero-order valence-corrected chi connectivity index (χ0v) is 19.4. The first-order valence-electron chi connectivity index (χ1n) is 9.00. The van der Waals surface area contributed by atoms with Crippen LogP contribution in [0.4, 0.5) is 13.2 Å². The lowest BCUT2D eigenvalue weighted by Crippen LogP contribution is -2.23. The summed E-state index contributed by atoms with van der Waals surface area (Å²) >= 11 is 6.30. The van der Waals surface area contributed by atoms with Crippen LogP contribution < -0.4 is 10.1 Å². The van der Waals surface area contributed by atoms with E-state index in [1.807, 2.05) is 0 Å². The summed E-state index contributed by atoms with van der Waals surface area (Å²) < 4.78 is 52.6. The van der Waals surface area contributed by atoms with Gasteiger partial charge in [-0.1, -0.05) is 12.1 Å². The van der Waals surface area contributed by atoms with Gasteiger partial charge in [0.1, 0.15) is 11.4 Å². The van der Waals surface area contributed by atoms with Crippen molar-refractivity contribution in [2.75, 3.05) is 7.11 Å². The van der Waals surface area contributed by atoms with Crippen LogP contribution in [0, 0.1) is 0 Å². The number of rotatable bonds is 5. The van der Waals surface area contributed by atoms with Crippen molar-refractivity contribution >= 4 is 43.4 Å². The minimum Gasteiger partial charge on any atom is -0.497 e. The number of ether oxygens (including phenoxy) is 1. The summed E-state index contributed by atoms with van der Waals surface area (Å²) in [6.45, 7) is 0.147. The van der Waals surface area contributed by atoms with Gasteiger partial charge in [-0.2, -0.15) is 18.3 Å². The maximum absolute atomic E-state index is 13.7. The van der Waals surface area contributed by atoms with Gasteiger partial charge in [0.05, 0.1) is 11.6 Å². The van der Waals surface area contributed by atoms with Crippen molar-refractivity contribution in [2.45, 2.75) is 12.7 Å². The van der Waals surface area contributed by atoms with Crippen molar-refractivity contribution < 1.29 is 27.1 Å². The van der Waals surface area contributed by atoms with Gasteiger partial charge >= 0.3 is 6.18 Å². The molecule has 3 heterocycles. The molecule has 3 aromatic heterocycles. The molecular weight excluding hydrogens is 561 g/mol. The number of amides is 1. The molecule has 0 bridgehead atoms. The number of fused-ring (bicyclic) bond motifs is 1. The van der Waals surface area contributed by atoms with Crippen molar-refractivity contribution in [3.8, 4) is 17.2 Å². The minimum absolute atomic E-state index is 0.0303. The number of hydrogen-bond donors (Lipinski definition) is 1. The Hall–Kier alpha value is -2.86. The number of nitrogens with one attached hydrogen (secondary N) is 1. The lowest BCUT2D eigenvalue weighted by Gasteiger charge is -2.10. The molecule has 0 aliphatic rings. The molecule has 0 aliphatic carbocycles. The van der Waals surface area contributed by atoms with E-state index < -0.39 is 17.8 Å². The highest BCUT2D eigenvalue weighted by atomic mass is 79.9. The molecule has 0 spiro atoms. The SMILES string of the molecule is COc1ccc(CNC(=O)c2nn3c(C(F)(F)F)cc(-c4ccc(Br)o4)nc3c2Br)cc1. The number of alkyl halides is 3. The van der Waals surface area contributed by atoms with Crippen molar-refractivity contribution in [1.82, 2.24) is 19.9 Å². The molecule has 0 radical (unpaired) electrons. The van der Waals surface area contributed by atoms with Crippen LogP contribution in [0.5, 0.6) is 5.75 Å². The Morgan fingerprint density at radius 2 is 1.91 bits per heavy atom. The van der Waals surface area contributed by atoms with Gasteiger partial charge < -0.3 is 14.5 Å². The number of aromatic nitrogens is 3. The average Bonchev–Trinajstić information content (AvgIpc) is 3.34. The third-order valence-electron chi connectivity index (χ3n) is 4.48. The molecule has 1 aromatic carbocycles. The number of hydrogen-bond acceptors (Lipinski definition) is 5. The Bertz CT molecular complexity index is 1300. The summed E-state index contributed by atoms with van der Waals surface area (Å²) in [6, 6.07) is 10.8. The molecule has 4 aromatic rings. The Balaban J connectivity index is 1.70. The summed E-state index contributed by atoms with van der Waals surface area (Å²) in [5.41, 5.74) is -0.772. The number of methoxy groups -OCH3 is 1. The number of carbonyl (C=O) groups is 1. The van der Waals surface area contributed by atoms with E-state index in [1.165, 1.54) is 19.2 Å². The minimum atomic E-state index is -4.75. The summed E-state index contributed by atoms with van der Waals surface area (Å²) in [4.78, 5) is 16.9. The molecular formula is C20H13Br2F3N4O3. The number of halogens is 5. The van der Waals surface area contributed by atoms with Crippen LogP contribution in [0.1, 0.15) is 21.7 Å². The number of nitrogens with zero attached hydrogens (tertiary/aromatic N) is 3. The molecule has 0 fully saturated rings. The molecule has 1 N–H and O–H groups in total. The van der Waals surface area contributed by atoms with Crippen molar-refractivity contribution in [2.24, 2.45) is 0 Å². The highest BCUT2D eigenvalue weighted by Gasteiger charge is 2.37. The quantitative estimate of drug-likeness (QED) is 0.342. The van der Waals surface area contributed by atoms with Gasteiger partial charge in [-0.3, -0.25) is 4.79 Å². The smallest absolute Gasteiger partial charge is 0.433 e. The van der Waals surface area contributed by atoms with Gasteiger partial charge in [0.25, 0.3) is 5.91 Å². The fourth-order valence-corrected chi connectivity index (χ4v) is 3.75. The van der Waals surface area contributed by atoms with E-state index in [-0.39, 0.29) is 33.8 Å². The average molecular weight is 574 g/mol. The number of carbonyl (C=O) groups excluding carboxylic acids is 1. The molecule has 166 valence electrons. The van der Waals surface area contributed by atoms with E-state index in [2.05, 4.69) is 47.3 Å². The van der Waals surface area contributed by atoms with Crippen LogP contribution in [-0.2, 0) is 12.7 Å². The molecule has 0 aliphatic heterocycles. The molecule has 7 nitrogen and oxygen atoms in total. The zero-order chi connectivity index (χ0) is 23.0. The second-order valence-electron chi connectivity index (χ2n) is 6.56. The molecule has 1 amide bonds. The summed E-state index contributed by atoms with van der Waals surface area (Å²) in [7, 11) is 1.54. The highest BCUT2D eigenvalue weighted by molar-refractivity contribution is 9.10. The Morgan fingerprint density at radius 3 is 2.50 bits per heavy atom. The third-order valence-corrected chi connectivity index (χ3v) is 5.63. The summed E-state index contributed by atoms with van der Waals surface area (Å²) in [6.07, 6.45) is -4.75. The Morgan fingerprint density at radius 1 is 1.19 bits per heavy atom. The standard InChI is InChI=1S/C20H13Br2F3N4O3/c1-31-11-4-2-10(3-5-11)9-26-19(30)17-16(22)18-27-12(13-6-7-15(21)32-13)8-14(20(23,24)25)29(18)28-17/h2-8H,9H2,1H3,(H,26,30). The molecule has 0 unspecified atom stereocenters. The van der Waals surface area contributed by atoms with E-state index in [4.69, 9.17) is 9.15 Å². The molecule has 32 heavy (non-hydrogen) atoms. The van der Waals surface area contributed by atoms with Gasteiger partial charge in [0, 0.05) is 6.54 Å². The largest absolute Gasteiger partial charge is 0.497 e. The van der Waals surface area contributed by atoms with Crippen LogP contribution in [0.2, 0.25) is 0 Å². The molecule has 12 heteroatoms. The van der Waals surface area contributed by atoms with Crippen molar-refractivity contribution in [1.29, 1.82) is 0 Å². The van der Waals surface area contributed by atoms with Gasteiger partial charge in [0.15, 0.2) is 27.5 Å². The van der Waals surface area contributed by atoms with Crippen molar-refractivity contribution in [3.63, 3.8) is 0 Å². The predicted octanol–water partition coefficient (Wildman–Crippen LogP) is 5.47. The first kappa shape index (κ1) is 22.3. The van der Waals surface area contributed by atoms with E-state index in [0.29, 0.717) is 14.9 Å². The second kappa shape index (κ2) is 8.58. The Kier molecular flexibility index (Phi) is 5.99. The maximum atomic E-state index is 13.7. The van der Waals surface area contributed by atoms with Crippen LogP contribution >= 0.6 is 31.9 Å². The number of furan rings is 1. The highest BCUT2D eigenvalue weighted by Crippen LogP contribution is 2.35. The van der Waals surface area contributed by atoms with Crippen LogP contribution in [0.3, 0.4) is 0 Å². The lowest BCUT2D eigenvalue weighted by molar-refractivity contribution is -0.142. The van der Waals surface area contributed by atoms with E-state index >= 15 is 0 Å². The Labute approximate surface area is 195 Å². The van der Waals surface area contributed by atoms with Gasteiger partial charge in [-0.25, -0.2) is 9.50 Å². The van der Waals surface area contributed by atoms with Crippen LogP contribution in [0.15, 0.2) is 56.0 Å². The lowest BCUT2D eigenvalue weighted by atomic mass is 10.2. The number of benzene rings is 1. The van der Waals surface area contributed by atoms with E-state index in [9.17, 15) is 18.0 Å². The van der Waals surface area contributed by atoms with Crippen LogP contribution in [0.25, 0.3) is 17.1 Å². The fraction of sp³-hybridized carbons (Fsp3) is 0.150.